The Morgan fingerprint density at radius 3 is 2.24 bits per heavy atom. The van der Waals surface area contributed by atoms with Gasteiger partial charge in [-0.2, -0.15) is 11.8 Å². The average Bonchev–Trinajstić information content (AvgIpc) is 2.73. The van der Waals surface area contributed by atoms with Gasteiger partial charge in [0, 0.05) is 45.8 Å². The molecule has 0 aromatic heterocycles. The number of unbranched alkanes of at least 4 members (excludes halogenated alkanes) is 1. The topological polar surface area (TPSA) is 42.9 Å². The lowest BCUT2D eigenvalue weighted by Crippen LogP contribution is -2.45. The summed E-state index contributed by atoms with van der Waals surface area (Å²) >= 11 is 1.91. The van der Waals surface area contributed by atoms with E-state index in [1.807, 2.05) is 11.8 Å². The number of piperazine rings is 1. The molecule has 0 radical (unpaired) electrons. The van der Waals surface area contributed by atoms with Crippen LogP contribution in [0.5, 0.6) is 0 Å². The van der Waals surface area contributed by atoms with Gasteiger partial charge in [-0.25, -0.2) is 4.99 Å². The normalized spacial score (nSPS) is 15.8. The SMILES string of the molecule is CCNC(=NCc1ccc(CN2CCN(CC)CC2)cc1)NCCCCSC.I. The Bertz CT molecular complexity index is 559. The van der Waals surface area contributed by atoms with E-state index in [0.717, 1.165) is 32.1 Å². The molecule has 0 bridgehead atoms. The highest BCUT2D eigenvalue weighted by molar-refractivity contribution is 14.0. The summed E-state index contributed by atoms with van der Waals surface area (Å²) in [4.78, 5) is 9.82. The fourth-order valence-electron chi connectivity index (χ4n) is 3.36. The Hall–Kier alpha value is -0.510. The molecule has 1 saturated heterocycles. The number of halogens is 1. The lowest BCUT2D eigenvalue weighted by Gasteiger charge is -2.34. The molecule has 1 aliphatic heterocycles. The van der Waals surface area contributed by atoms with E-state index in [2.05, 4.69) is 64.8 Å². The molecule has 5 nitrogen and oxygen atoms in total. The van der Waals surface area contributed by atoms with Crippen molar-refractivity contribution in [3.8, 4) is 0 Å². The lowest BCUT2D eigenvalue weighted by atomic mass is 10.1. The molecule has 1 aromatic rings. The van der Waals surface area contributed by atoms with Crippen LogP contribution in [0.25, 0.3) is 0 Å². The van der Waals surface area contributed by atoms with Crippen molar-refractivity contribution in [1.29, 1.82) is 0 Å². The van der Waals surface area contributed by atoms with Gasteiger partial charge < -0.3 is 15.5 Å². The number of benzene rings is 1. The van der Waals surface area contributed by atoms with E-state index in [0.29, 0.717) is 0 Å². The number of hydrogen-bond donors (Lipinski definition) is 2. The first-order chi connectivity index (χ1) is 13.7. The number of guanidine groups is 1. The molecule has 0 unspecified atom stereocenters. The minimum absolute atomic E-state index is 0. The molecule has 7 heteroatoms. The molecule has 0 saturated carbocycles. The number of hydrogen-bond acceptors (Lipinski definition) is 4. The summed E-state index contributed by atoms with van der Waals surface area (Å²) in [5.74, 6) is 2.15. The van der Waals surface area contributed by atoms with Gasteiger partial charge in [-0.1, -0.05) is 31.2 Å². The summed E-state index contributed by atoms with van der Waals surface area (Å²) in [7, 11) is 0. The fraction of sp³-hybridized carbons (Fsp3) is 0.682. The van der Waals surface area contributed by atoms with Gasteiger partial charge in [0.05, 0.1) is 6.54 Å². The predicted octanol–water partition coefficient (Wildman–Crippen LogP) is 3.64. The third kappa shape index (κ3) is 10.9. The van der Waals surface area contributed by atoms with Crippen LogP contribution in [-0.2, 0) is 13.1 Å². The molecule has 2 N–H and O–H groups in total. The Morgan fingerprint density at radius 2 is 1.62 bits per heavy atom. The first kappa shape index (κ1) is 26.5. The van der Waals surface area contributed by atoms with Crippen LogP contribution in [0.4, 0.5) is 0 Å². The summed E-state index contributed by atoms with van der Waals surface area (Å²) < 4.78 is 0. The molecule has 0 spiro atoms. The van der Waals surface area contributed by atoms with Crippen molar-refractivity contribution in [3.05, 3.63) is 35.4 Å². The van der Waals surface area contributed by atoms with Crippen LogP contribution >= 0.6 is 35.7 Å². The van der Waals surface area contributed by atoms with Crippen LogP contribution in [-0.4, -0.2) is 73.6 Å². The Labute approximate surface area is 199 Å². The van der Waals surface area contributed by atoms with Gasteiger partial charge in [-0.15, -0.1) is 24.0 Å². The second kappa shape index (κ2) is 16.2. The lowest BCUT2D eigenvalue weighted by molar-refractivity contribution is 0.132. The van der Waals surface area contributed by atoms with Gasteiger partial charge in [0.1, 0.15) is 0 Å². The number of nitrogens with one attached hydrogen (secondary N) is 2. The van der Waals surface area contributed by atoms with E-state index >= 15 is 0 Å². The van der Waals surface area contributed by atoms with E-state index < -0.39 is 0 Å². The Morgan fingerprint density at radius 1 is 0.966 bits per heavy atom. The first-order valence-corrected chi connectivity index (χ1v) is 12.2. The predicted molar refractivity (Wildman–Crippen MR) is 140 cm³/mol. The van der Waals surface area contributed by atoms with Crippen molar-refractivity contribution in [2.45, 2.75) is 39.8 Å². The van der Waals surface area contributed by atoms with Crippen molar-refractivity contribution in [3.63, 3.8) is 0 Å². The summed E-state index contributed by atoms with van der Waals surface area (Å²) in [6.45, 7) is 13.9. The van der Waals surface area contributed by atoms with Gasteiger partial charge in [0.25, 0.3) is 0 Å². The van der Waals surface area contributed by atoms with Gasteiger partial charge in [-0.3, -0.25) is 4.90 Å². The maximum atomic E-state index is 4.74. The zero-order chi connectivity index (χ0) is 20.0. The molecular formula is C22H40IN5S. The maximum Gasteiger partial charge on any atom is 0.191 e. The Balaban J connectivity index is 0.00000420. The highest BCUT2D eigenvalue weighted by Gasteiger charge is 2.15. The number of nitrogens with zero attached hydrogens (tertiary/aromatic N) is 3. The molecule has 0 amide bonds. The van der Waals surface area contributed by atoms with Gasteiger partial charge in [0.2, 0.25) is 0 Å². The van der Waals surface area contributed by atoms with Gasteiger partial charge in [0.15, 0.2) is 5.96 Å². The fourth-order valence-corrected chi connectivity index (χ4v) is 3.85. The van der Waals surface area contributed by atoms with Crippen LogP contribution < -0.4 is 10.6 Å². The number of thioether (sulfide) groups is 1. The van der Waals surface area contributed by atoms with Crippen molar-refractivity contribution < 1.29 is 0 Å². The molecule has 1 aromatic carbocycles. The first-order valence-electron chi connectivity index (χ1n) is 10.8. The molecule has 1 heterocycles. The van der Waals surface area contributed by atoms with E-state index in [1.54, 1.807) is 0 Å². The quantitative estimate of drug-likeness (QED) is 0.197. The molecule has 0 atom stereocenters. The second-order valence-electron chi connectivity index (χ2n) is 7.35. The van der Waals surface area contributed by atoms with Crippen LogP contribution in [0.1, 0.15) is 37.8 Å². The van der Waals surface area contributed by atoms with Gasteiger partial charge >= 0.3 is 0 Å². The number of rotatable bonds is 11. The summed E-state index contributed by atoms with van der Waals surface area (Å²) in [5, 5.41) is 6.78. The molecule has 1 aliphatic rings. The third-order valence-corrected chi connectivity index (χ3v) is 5.87. The van der Waals surface area contributed by atoms with Crippen LogP contribution in [0, 0.1) is 0 Å². The number of aliphatic imine (C=N–C) groups is 1. The van der Waals surface area contributed by atoms with E-state index in [4.69, 9.17) is 4.99 Å². The zero-order valence-electron chi connectivity index (χ0n) is 18.5. The highest BCUT2D eigenvalue weighted by Crippen LogP contribution is 2.11. The average molecular weight is 534 g/mol. The maximum absolute atomic E-state index is 4.74. The van der Waals surface area contributed by atoms with Crippen LogP contribution in [0.15, 0.2) is 29.3 Å². The molecule has 166 valence electrons. The smallest absolute Gasteiger partial charge is 0.191 e. The second-order valence-corrected chi connectivity index (χ2v) is 8.33. The summed E-state index contributed by atoms with van der Waals surface area (Å²) in [6, 6.07) is 8.98. The standard InChI is InChI=1S/C22H39N5S.HI/c1-4-23-22(24-12-6-7-17-28-3)25-18-20-8-10-21(11-9-20)19-27-15-13-26(5-2)14-16-27;/h8-11H,4-7,12-19H2,1-3H3,(H2,23,24,25);1H. The molecule has 1 fully saturated rings. The Kier molecular flexibility index (Phi) is 14.8. The monoisotopic (exact) mass is 533 g/mol. The number of likely N-dealkylation sites (N-methyl/N-ethyl adjacent to an activating group) is 1. The largest absolute Gasteiger partial charge is 0.357 e. The van der Waals surface area contributed by atoms with Crippen LogP contribution in [0.3, 0.4) is 0 Å². The zero-order valence-corrected chi connectivity index (χ0v) is 21.6. The minimum atomic E-state index is 0. The van der Waals surface area contributed by atoms with Crippen LogP contribution in [0.2, 0.25) is 0 Å². The van der Waals surface area contributed by atoms with E-state index in [1.165, 1.54) is 62.4 Å². The van der Waals surface area contributed by atoms with E-state index in [-0.39, 0.29) is 24.0 Å². The molecule has 29 heavy (non-hydrogen) atoms. The molecule has 0 aliphatic carbocycles. The third-order valence-electron chi connectivity index (χ3n) is 5.17. The summed E-state index contributed by atoms with van der Waals surface area (Å²) in [6.07, 6.45) is 4.60. The van der Waals surface area contributed by atoms with Gasteiger partial charge in [-0.05, 0) is 49.4 Å². The van der Waals surface area contributed by atoms with Crippen molar-refractivity contribution in [2.24, 2.45) is 4.99 Å². The highest BCUT2D eigenvalue weighted by atomic mass is 127. The molecule has 2 rings (SSSR count). The minimum Gasteiger partial charge on any atom is -0.357 e. The molecular weight excluding hydrogens is 493 g/mol. The van der Waals surface area contributed by atoms with Crippen molar-refractivity contribution in [1.82, 2.24) is 20.4 Å². The summed E-state index contributed by atoms with van der Waals surface area (Å²) in [5.41, 5.74) is 2.66. The van der Waals surface area contributed by atoms with E-state index in [9.17, 15) is 0 Å². The van der Waals surface area contributed by atoms with Crippen molar-refractivity contribution in [2.75, 3.05) is 57.8 Å². The van der Waals surface area contributed by atoms with Crippen molar-refractivity contribution >= 4 is 41.7 Å².